The van der Waals surface area contributed by atoms with Crippen molar-refractivity contribution in [2.75, 3.05) is 20.3 Å². The SMILES string of the molecule is COC[C@@]1(O)CC[C@H]2[C@H](CC[C@@H]3[C@@H]2CC[C@]2(C)[C@@H](CNC(=O)c4ccc(F)cc4F)CC[C@@H]32)C1. The number of hydrogen-bond acceptors (Lipinski definition) is 3. The van der Waals surface area contributed by atoms with Gasteiger partial charge in [0.05, 0.1) is 17.8 Å². The first-order valence-electron chi connectivity index (χ1n) is 13.2. The van der Waals surface area contributed by atoms with Crippen LogP contribution in [0.15, 0.2) is 18.2 Å². The molecule has 6 heteroatoms. The summed E-state index contributed by atoms with van der Waals surface area (Å²) in [5, 5.41) is 13.9. The molecule has 2 N–H and O–H groups in total. The maximum atomic E-state index is 14.0. The van der Waals surface area contributed by atoms with Crippen LogP contribution in [0, 0.1) is 52.6 Å². The Balaban J connectivity index is 1.23. The van der Waals surface area contributed by atoms with Crippen LogP contribution < -0.4 is 5.32 Å². The lowest BCUT2D eigenvalue weighted by molar-refractivity contribution is -0.124. The molecule has 8 atom stereocenters. The molecule has 4 aliphatic rings. The smallest absolute Gasteiger partial charge is 0.254 e. The number of amides is 1. The molecule has 0 aromatic heterocycles. The second-order valence-electron chi connectivity index (χ2n) is 12.0. The zero-order valence-corrected chi connectivity index (χ0v) is 20.5. The molecule has 4 saturated carbocycles. The monoisotopic (exact) mass is 475 g/mol. The Kier molecular flexibility index (Phi) is 6.52. The van der Waals surface area contributed by atoms with Crippen LogP contribution in [0.1, 0.15) is 75.1 Å². The molecule has 1 aromatic rings. The molecule has 4 aliphatic carbocycles. The number of carbonyl (C=O) groups is 1. The van der Waals surface area contributed by atoms with Crippen LogP contribution in [-0.2, 0) is 4.74 Å². The predicted molar refractivity (Wildman–Crippen MR) is 126 cm³/mol. The first-order chi connectivity index (χ1) is 16.2. The van der Waals surface area contributed by atoms with E-state index in [2.05, 4.69) is 12.2 Å². The average molecular weight is 476 g/mol. The standard InChI is InChI=1S/C28H39F2NO3/c1-27-11-9-21-20-10-12-28(33,16-34-2)14-17(20)3-6-22(21)24(27)8-4-18(27)15-31-26(32)23-7-5-19(29)13-25(23)30/h5,7,13,17-18,20-22,24,33H,3-4,6,8-12,14-16H2,1-2H3,(H,31,32)/t17-,18-,20+,21-,22-,24+,27-,28-/m1/s1. The molecule has 4 nitrogen and oxygen atoms in total. The lowest BCUT2D eigenvalue weighted by Crippen LogP contribution is -2.52. The second kappa shape index (κ2) is 9.16. The molecule has 0 spiro atoms. The van der Waals surface area contributed by atoms with Gasteiger partial charge in [0.2, 0.25) is 0 Å². The fourth-order valence-electron chi connectivity index (χ4n) is 8.79. The minimum atomic E-state index is -0.810. The molecule has 0 saturated heterocycles. The third-order valence-electron chi connectivity index (χ3n) is 10.4. The van der Waals surface area contributed by atoms with Gasteiger partial charge in [0, 0.05) is 19.7 Å². The number of hydrogen-bond donors (Lipinski definition) is 2. The Morgan fingerprint density at radius 1 is 1.09 bits per heavy atom. The van der Waals surface area contributed by atoms with Crippen molar-refractivity contribution in [3.05, 3.63) is 35.4 Å². The van der Waals surface area contributed by atoms with Crippen molar-refractivity contribution in [2.24, 2.45) is 40.9 Å². The number of nitrogens with one attached hydrogen (secondary N) is 1. The van der Waals surface area contributed by atoms with Gasteiger partial charge in [-0.05, 0) is 111 Å². The van der Waals surface area contributed by atoms with E-state index in [9.17, 15) is 18.7 Å². The minimum absolute atomic E-state index is 0.0890. The number of benzene rings is 1. The van der Waals surface area contributed by atoms with Crippen LogP contribution >= 0.6 is 0 Å². The van der Waals surface area contributed by atoms with Crippen LogP contribution in [0.25, 0.3) is 0 Å². The van der Waals surface area contributed by atoms with Crippen LogP contribution in [0.3, 0.4) is 0 Å². The second-order valence-corrected chi connectivity index (χ2v) is 12.0. The fraction of sp³-hybridized carbons (Fsp3) is 0.750. The van der Waals surface area contributed by atoms with Gasteiger partial charge in [-0.25, -0.2) is 8.78 Å². The van der Waals surface area contributed by atoms with Gasteiger partial charge in [0.15, 0.2) is 0 Å². The Morgan fingerprint density at radius 3 is 2.65 bits per heavy atom. The zero-order valence-electron chi connectivity index (χ0n) is 20.5. The van der Waals surface area contributed by atoms with Crippen molar-refractivity contribution in [1.82, 2.24) is 5.32 Å². The molecule has 1 amide bonds. The molecular formula is C28H39F2NO3. The largest absolute Gasteiger partial charge is 0.387 e. The van der Waals surface area contributed by atoms with Crippen molar-refractivity contribution in [2.45, 2.75) is 70.3 Å². The van der Waals surface area contributed by atoms with Gasteiger partial charge >= 0.3 is 0 Å². The summed E-state index contributed by atoms with van der Waals surface area (Å²) in [4.78, 5) is 12.6. The predicted octanol–water partition coefficient (Wildman–Crippen LogP) is 5.34. The topological polar surface area (TPSA) is 58.6 Å². The van der Waals surface area contributed by atoms with Gasteiger partial charge in [0.25, 0.3) is 5.91 Å². The van der Waals surface area contributed by atoms with Crippen molar-refractivity contribution < 1.29 is 23.4 Å². The first kappa shape index (κ1) is 24.2. The van der Waals surface area contributed by atoms with Crippen molar-refractivity contribution in [3.8, 4) is 0 Å². The van der Waals surface area contributed by atoms with E-state index in [1.165, 1.54) is 38.2 Å². The van der Waals surface area contributed by atoms with Crippen molar-refractivity contribution in [1.29, 1.82) is 0 Å². The molecule has 0 radical (unpaired) electrons. The maximum Gasteiger partial charge on any atom is 0.254 e. The number of rotatable bonds is 5. The lowest BCUT2D eigenvalue weighted by Gasteiger charge is -2.57. The Bertz CT molecular complexity index is 925. The maximum absolute atomic E-state index is 14.0. The zero-order chi connectivity index (χ0) is 24.1. The van der Waals surface area contributed by atoms with Gasteiger partial charge in [0.1, 0.15) is 11.6 Å². The van der Waals surface area contributed by atoms with Gasteiger partial charge in [-0.1, -0.05) is 6.92 Å². The van der Waals surface area contributed by atoms with Crippen LogP contribution in [-0.4, -0.2) is 36.9 Å². The number of aliphatic hydroxyl groups is 1. The van der Waals surface area contributed by atoms with E-state index >= 15 is 0 Å². The van der Waals surface area contributed by atoms with Crippen LogP contribution in [0.4, 0.5) is 8.78 Å². The molecule has 188 valence electrons. The molecule has 0 aliphatic heterocycles. The number of ether oxygens (including phenoxy) is 1. The Labute approximate surface area is 201 Å². The molecule has 0 heterocycles. The molecule has 4 fully saturated rings. The minimum Gasteiger partial charge on any atom is -0.387 e. The van der Waals surface area contributed by atoms with Crippen molar-refractivity contribution >= 4 is 5.91 Å². The third-order valence-corrected chi connectivity index (χ3v) is 10.4. The third kappa shape index (κ3) is 4.19. The van der Waals surface area contributed by atoms with E-state index in [1.54, 1.807) is 7.11 Å². The van der Waals surface area contributed by atoms with E-state index in [4.69, 9.17) is 4.74 Å². The highest BCUT2D eigenvalue weighted by Gasteiger charge is 2.57. The first-order valence-corrected chi connectivity index (χ1v) is 13.2. The normalized spacial score (nSPS) is 41.3. The molecule has 0 bridgehead atoms. The molecule has 34 heavy (non-hydrogen) atoms. The van der Waals surface area contributed by atoms with E-state index in [0.29, 0.717) is 30.9 Å². The highest BCUT2D eigenvalue weighted by molar-refractivity contribution is 5.94. The molecule has 1 aromatic carbocycles. The highest BCUT2D eigenvalue weighted by atomic mass is 19.1. The summed E-state index contributed by atoms with van der Waals surface area (Å²) >= 11 is 0. The quantitative estimate of drug-likeness (QED) is 0.604. The number of fused-ring (bicyclic) bond motifs is 5. The molecular weight excluding hydrogens is 436 g/mol. The van der Waals surface area contributed by atoms with Crippen LogP contribution in [0.2, 0.25) is 0 Å². The van der Waals surface area contributed by atoms with Gasteiger partial charge in [-0.2, -0.15) is 0 Å². The lowest BCUT2D eigenvalue weighted by atomic mass is 9.49. The van der Waals surface area contributed by atoms with Gasteiger partial charge < -0.3 is 15.2 Å². The van der Waals surface area contributed by atoms with E-state index < -0.39 is 23.1 Å². The molecule has 5 rings (SSSR count). The average Bonchev–Trinajstić information content (AvgIpc) is 3.13. The van der Waals surface area contributed by atoms with Gasteiger partial charge in [-0.15, -0.1) is 0 Å². The molecule has 0 unspecified atom stereocenters. The summed E-state index contributed by atoms with van der Waals surface area (Å²) in [7, 11) is 1.68. The Hall–Kier alpha value is -1.53. The van der Waals surface area contributed by atoms with Crippen LogP contribution in [0.5, 0.6) is 0 Å². The van der Waals surface area contributed by atoms with Gasteiger partial charge in [-0.3, -0.25) is 4.79 Å². The number of methoxy groups -OCH3 is 1. The highest BCUT2D eigenvalue weighted by Crippen LogP contribution is 2.64. The number of halogens is 2. The summed E-state index contributed by atoms with van der Waals surface area (Å²) < 4.78 is 32.5. The van der Waals surface area contributed by atoms with E-state index in [-0.39, 0.29) is 11.0 Å². The fourth-order valence-corrected chi connectivity index (χ4v) is 8.79. The van der Waals surface area contributed by atoms with Crippen molar-refractivity contribution in [3.63, 3.8) is 0 Å². The summed E-state index contributed by atoms with van der Waals surface area (Å²) in [5.41, 5.74) is -0.533. The summed E-state index contributed by atoms with van der Waals surface area (Å²) in [5.74, 6) is 1.96. The number of carbonyl (C=O) groups excluding carboxylic acids is 1. The van der Waals surface area contributed by atoms with E-state index in [1.807, 2.05) is 0 Å². The van der Waals surface area contributed by atoms with E-state index in [0.717, 1.165) is 55.6 Å². The Morgan fingerprint density at radius 2 is 1.88 bits per heavy atom. The summed E-state index contributed by atoms with van der Waals surface area (Å²) in [6, 6.07) is 3.12. The summed E-state index contributed by atoms with van der Waals surface area (Å²) in [6.07, 6.45) is 10.00. The summed E-state index contributed by atoms with van der Waals surface area (Å²) in [6.45, 7) is 3.41.